The second-order valence-electron chi connectivity index (χ2n) is 8.41. The molecule has 4 aromatic rings. The number of piperidine rings is 1. The first-order valence-corrected chi connectivity index (χ1v) is 11.1. The molecule has 0 spiro atoms. The number of hydrogen-bond acceptors (Lipinski definition) is 6. The standard InChI is InChI=1S/C26H26N4O3/c1-32-22-5-2-17(3-6-22)14-21-16-23(29-26(27)28-21)18-8-11-30(12-9-18)25(31)20-4-7-24-19(15-20)10-13-33-24/h2-7,10,13,15-16,18H,8-9,11-12,14H2,1H3,(H2,27,28,29). The first-order valence-electron chi connectivity index (χ1n) is 11.1. The van der Waals surface area contributed by atoms with Crippen LogP contribution in [0.1, 0.15) is 46.1 Å². The number of nitrogen functional groups attached to an aromatic ring is 1. The molecule has 1 saturated heterocycles. The molecule has 5 rings (SSSR count). The van der Waals surface area contributed by atoms with Gasteiger partial charge in [0.1, 0.15) is 11.3 Å². The van der Waals surface area contributed by atoms with E-state index in [1.165, 1.54) is 0 Å². The van der Waals surface area contributed by atoms with Gasteiger partial charge in [0.05, 0.1) is 19.1 Å². The second-order valence-corrected chi connectivity index (χ2v) is 8.41. The van der Waals surface area contributed by atoms with Gasteiger partial charge in [0.2, 0.25) is 5.95 Å². The number of methoxy groups -OCH3 is 1. The molecule has 2 aromatic carbocycles. The number of furan rings is 1. The van der Waals surface area contributed by atoms with Crippen LogP contribution in [0.3, 0.4) is 0 Å². The van der Waals surface area contributed by atoms with Crippen molar-refractivity contribution in [3.05, 3.63) is 83.4 Å². The number of amides is 1. The largest absolute Gasteiger partial charge is 0.497 e. The van der Waals surface area contributed by atoms with E-state index in [1.807, 2.05) is 53.4 Å². The lowest BCUT2D eigenvalue weighted by atomic mass is 9.92. The number of nitrogens with two attached hydrogens (primary N) is 1. The molecule has 1 amide bonds. The number of carbonyl (C=O) groups is 1. The molecule has 0 unspecified atom stereocenters. The number of benzene rings is 2. The summed E-state index contributed by atoms with van der Waals surface area (Å²) in [5.41, 5.74) is 10.5. The molecular formula is C26H26N4O3. The maximum Gasteiger partial charge on any atom is 0.253 e. The van der Waals surface area contributed by atoms with Gasteiger partial charge in [-0.05, 0) is 60.9 Å². The van der Waals surface area contributed by atoms with Crippen LogP contribution in [0, 0.1) is 0 Å². The van der Waals surface area contributed by atoms with Crippen LogP contribution in [0.5, 0.6) is 5.75 Å². The second kappa shape index (κ2) is 8.94. The van der Waals surface area contributed by atoms with E-state index in [0.29, 0.717) is 31.0 Å². The summed E-state index contributed by atoms with van der Waals surface area (Å²) in [7, 11) is 1.66. The normalized spacial score (nSPS) is 14.5. The van der Waals surface area contributed by atoms with Gasteiger partial charge in [0.15, 0.2) is 0 Å². The van der Waals surface area contributed by atoms with Crippen molar-refractivity contribution in [2.45, 2.75) is 25.2 Å². The van der Waals surface area contributed by atoms with Crippen LogP contribution in [-0.2, 0) is 6.42 Å². The van der Waals surface area contributed by atoms with Crippen molar-refractivity contribution in [2.75, 3.05) is 25.9 Å². The van der Waals surface area contributed by atoms with Crippen molar-refractivity contribution in [1.82, 2.24) is 14.9 Å². The molecule has 0 saturated carbocycles. The molecule has 2 N–H and O–H groups in total. The van der Waals surface area contributed by atoms with E-state index in [9.17, 15) is 4.79 Å². The van der Waals surface area contributed by atoms with Gasteiger partial charge in [-0.3, -0.25) is 4.79 Å². The van der Waals surface area contributed by atoms with Crippen LogP contribution in [0.4, 0.5) is 5.95 Å². The molecule has 0 bridgehead atoms. The lowest BCUT2D eigenvalue weighted by Gasteiger charge is -2.32. The van der Waals surface area contributed by atoms with Crippen LogP contribution in [-0.4, -0.2) is 41.0 Å². The number of hydrogen-bond donors (Lipinski definition) is 1. The smallest absolute Gasteiger partial charge is 0.253 e. The van der Waals surface area contributed by atoms with Gasteiger partial charge in [-0.15, -0.1) is 0 Å². The summed E-state index contributed by atoms with van der Waals surface area (Å²) < 4.78 is 10.6. The van der Waals surface area contributed by atoms with Crippen molar-refractivity contribution >= 4 is 22.8 Å². The van der Waals surface area contributed by atoms with E-state index < -0.39 is 0 Å². The third kappa shape index (κ3) is 4.53. The highest BCUT2D eigenvalue weighted by Gasteiger charge is 2.26. The van der Waals surface area contributed by atoms with E-state index in [-0.39, 0.29) is 11.8 Å². The van der Waals surface area contributed by atoms with E-state index >= 15 is 0 Å². The van der Waals surface area contributed by atoms with Crippen LogP contribution >= 0.6 is 0 Å². The third-order valence-corrected chi connectivity index (χ3v) is 6.26. The maximum atomic E-state index is 13.0. The fourth-order valence-corrected chi connectivity index (χ4v) is 4.45. The van der Waals surface area contributed by atoms with Crippen molar-refractivity contribution in [3.63, 3.8) is 0 Å². The predicted octanol–water partition coefficient (Wildman–Crippen LogP) is 4.42. The number of rotatable bonds is 5. The minimum atomic E-state index is 0.0546. The number of ether oxygens (including phenoxy) is 1. The number of aromatic nitrogens is 2. The van der Waals surface area contributed by atoms with Crippen molar-refractivity contribution in [2.24, 2.45) is 0 Å². The lowest BCUT2D eigenvalue weighted by molar-refractivity contribution is 0.0712. The third-order valence-electron chi connectivity index (χ3n) is 6.26. The Hall–Kier alpha value is -3.87. The Morgan fingerprint density at radius 3 is 2.64 bits per heavy atom. The molecule has 7 nitrogen and oxygen atoms in total. The minimum Gasteiger partial charge on any atom is -0.497 e. The number of fused-ring (bicyclic) bond motifs is 1. The molecule has 7 heteroatoms. The monoisotopic (exact) mass is 442 g/mol. The average molecular weight is 443 g/mol. The first kappa shape index (κ1) is 21.0. The highest BCUT2D eigenvalue weighted by Crippen LogP contribution is 2.29. The number of likely N-dealkylation sites (tertiary alicyclic amines) is 1. The molecular weight excluding hydrogens is 416 g/mol. The lowest BCUT2D eigenvalue weighted by Crippen LogP contribution is -2.38. The molecule has 0 radical (unpaired) electrons. The Balaban J connectivity index is 1.25. The average Bonchev–Trinajstić information content (AvgIpc) is 3.32. The molecule has 168 valence electrons. The van der Waals surface area contributed by atoms with E-state index in [2.05, 4.69) is 16.0 Å². The fourth-order valence-electron chi connectivity index (χ4n) is 4.45. The Morgan fingerprint density at radius 2 is 1.88 bits per heavy atom. The summed E-state index contributed by atoms with van der Waals surface area (Å²) in [6.45, 7) is 1.37. The SMILES string of the molecule is COc1ccc(Cc2cc(C3CCN(C(=O)c4ccc5occc5c4)CC3)nc(N)n2)cc1. The fraction of sp³-hybridized carbons (Fsp3) is 0.269. The minimum absolute atomic E-state index is 0.0546. The Labute approximate surface area is 192 Å². The Kier molecular flexibility index (Phi) is 5.69. The van der Waals surface area contributed by atoms with Crippen LogP contribution in [0.15, 0.2) is 65.3 Å². The zero-order valence-corrected chi connectivity index (χ0v) is 18.5. The quantitative estimate of drug-likeness (QED) is 0.492. The molecule has 0 atom stereocenters. The highest BCUT2D eigenvalue weighted by atomic mass is 16.5. The van der Waals surface area contributed by atoms with Crippen molar-refractivity contribution in [3.8, 4) is 5.75 Å². The summed E-state index contributed by atoms with van der Waals surface area (Å²) >= 11 is 0. The number of nitrogens with zero attached hydrogens (tertiary/aromatic N) is 3. The molecule has 0 aliphatic carbocycles. The van der Waals surface area contributed by atoms with Gasteiger partial charge in [0, 0.05) is 42.1 Å². The summed E-state index contributed by atoms with van der Waals surface area (Å²) in [5.74, 6) is 1.43. The van der Waals surface area contributed by atoms with Crippen LogP contribution in [0.2, 0.25) is 0 Å². The van der Waals surface area contributed by atoms with Crippen LogP contribution in [0.25, 0.3) is 11.0 Å². The van der Waals surface area contributed by atoms with Crippen molar-refractivity contribution in [1.29, 1.82) is 0 Å². The van der Waals surface area contributed by atoms with Gasteiger partial charge in [-0.2, -0.15) is 0 Å². The van der Waals surface area contributed by atoms with Crippen LogP contribution < -0.4 is 10.5 Å². The predicted molar refractivity (Wildman–Crippen MR) is 126 cm³/mol. The van der Waals surface area contributed by atoms with E-state index in [0.717, 1.165) is 46.5 Å². The molecule has 3 heterocycles. The summed E-state index contributed by atoms with van der Waals surface area (Å²) in [6, 6.07) is 17.4. The molecule has 2 aromatic heterocycles. The van der Waals surface area contributed by atoms with Gasteiger partial charge >= 0.3 is 0 Å². The van der Waals surface area contributed by atoms with Crippen molar-refractivity contribution < 1.29 is 13.9 Å². The Bertz CT molecular complexity index is 1270. The number of carbonyl (C=O) groups excluding carboxylic acids is 1. The van der Waals surface area contributed by atoms with E-state index in [4.69, 9.17) is 14.9 Å². The molecule has 1 aliphatic rings. The molecule has 1 fully saturated rings. The first-order chi connectivity index (χ1) is 16.1. The molecule has 33 heavy (non-hydrogen) atoms. The van der Waals surface area contributed by atoms with Gasteiger partial charge in [-0.25, -0.2) is 9.97 Å². The highest BCUT2D eigenvalue weighted by molar-refractivity contribution is 5.97. The van der Waals surface area contributed by atoms with Gasteiger partial charge in [0.25, 0.3) is 5.91 Å². The topological polar surface area (TPSA) is 94.5 Å². The molecule has 1 aliphatic heterocycles. The maximum absolute atomic E-state index is 13.0. The summed E-state index contributed by atoms with van der Waals surface area (Å²) in [4.78, 5) is 23.9. The van der Waals surface area contributed by atoms with Gasteiger partial charge in [-0.1, -0.05) is 12.1 Å². The number of anilines is 1. The zero-order valence-electron chi connectivity index (χ0n) is 18.5. The van der Waals surface area contributed by atoms with Gasteiger partial charge < -0.3 is 19.8 Å². The summed E-state index contributed by atoms with van der Waals surface area (Å²) in [6.07, 6.45) is 4.01. The van der Waals surface area contributed by atoms with E-state index in [1.54, 1.807) is 13.4 Å². The zero-order chi connectivity index (χ0) is 22.8. The Morgan fingerprint density at radius 1 is 1.09 bits per heavy atom. The summed E-state index contributed by atoms with van der Waals surface area (Å²) in [5, 5.41) is 0.941.